The monoisotopic (exact) mass is 179 g/mol. The van der Waals surface area contributed by atoms with Gasteiger partial charge in [-0.15, -0.1) is 12.4 Å². The Kier molecular flexibility index (Phi) is 5.92. The van der Waals surface area contributed by atoms with Crippen molar-refractivity contribution in [2.75, 3.05) is 13.2 Å². The molecule has 3 heteroatoms. The average molecular weight is 180 g/mol. The van der Waals surface area contributed by atoms with Crippen LogP contribution in [0.2, 0.25) is 0 Å². The summed E-state index contributed by atoms with van der Waals surface area (Å²) < 4.78 is 0. The summed E-state index contributed by atoms with van der Waals surface area (Å²) in [6, 6.07) is 0. The van der Waals surface area contributed by atoms with Crippen LogP contribution in [0.4, 0.5) is 0 Å². The smallest absolute Gasteiger partial charge is 0.0459 e. The molecule has 68 valence electrons. The number of hydrogen-bond acceptors (Lipinski definition) is 2. The van der Waals surface area contributed by atoms with Crippen molar-refractivity contribution in [3.8, 4) is 0 Å². The van der Waals surface area contributed by atoms with Crippen molar-refractivity contribution in [3.05, 3.63) is 0 Å². The molecular formula is C8H18ClNO. The highest BCUT2D eigenvalue weighted by Crippen LogP contribution is 2.27. The van der Waals surface area contributed by atoms with Crippen LogP contribution in [0.15, 0.2) is 0 Å². The first-order chi connectivity index (χ1) is 4.86. The van der Waals surface area contributed by atoms with Crippen molar-refractivity contribution in [1.29, 1.82) is 0 Å². The molecular weight excluding hydrogens is 162 g/mol. The fraction of sp³-hybridized carbons (Fsp3) is 1.00. The molecule has 0 atom stereocenters. The molecule has 0 heterocycles. The lowest BCUT2D eigenvalue weighted by Gasteiger charge is -2.25. The predicted octanol–water partition coefficient (Wildman–Crippen LogP) is 1.17. The van der Waals surface area contributed by atoms with Gasteiger partial charge in [-0.05, 0) is 44.1 Å². The lowest BCUT2D eigenvalue weighted by atomic mass is 9.82. The second-order valence-corrected chi connectivity index (χ2v) is 3.31. The Bertz CT molecular complexity index is 80.1. The third kappa shape index (κ3) is 3.41. The van der Waals surface area contributed by atoms with Crippen LogP contribution in [-0.4, -0.2) is 18.3 Å². The van der Waals surface area contributed by atoms with Gasteiger partial charge in [0.1, 0.15) is 0 Å². The number of nitrogens with two attached hydrogens (primary N) is 1. The normalized spacial score (nSPS) is 31.1. The van der Waals surface area contributed by atoms with E-state index in [-0.39, 0.29) is 12.4 Å². The second-order valence-electron chi connectivity index (χ2n) is 3.31. The largest absolute Gasteiger partial charge is 0.396 e. The summed E-state index contributed by atoms with van der Waals surface area (Å²) in [5.74, 6) is 1.31. The fourth-order valence-electron chi connectivity index (χ4n) is 1.65. The van der Waals surface area contributed by atoms with Gasteiger partial charge in [0.15, 0.2) is 0 Å². The lowest BCUT2D eigenvalue weighted by molar-refractivity contribution is 0.169. The van der Waals surface area contributed by atoms with Crippen molar-refractivity contribution in [3.63, 3.8) is 0 Å². The third-order valence-corrected chi connectivity index (χ3v) is 2.56. The highest BCUT2D eigenvalue weighted by Gasteiger charge is 2.18. The summed E-state index contributed by atoms with van der Waals surface area (Å²) >= 11 is 0. The molecule has 1 aliphatic carbocycles. The number of rotatable bonds is 2. The maximum absolute atomic E-state index is 8.82. The predicted molar refractivity (Wildman–Crippen MR) is 48.8 cm³/mol. The summed E-state index contributed by atoms with van der Waals surface area (Å²) in [4.78, 5) is 0. The molecule has 11 heavy (non-hydrogen) atoms. The third-order valence-electron chi connectivity index (χ3n) is 2.56. The van der Waals surface area contributed by atoms with Gasteiger partial charge in [0, 0.05) is 6.61 Å². The molecule has 0 aromatic heterocycles. The summed E-state index contributed by atoms with van der Waals surface area (Å²) in [5, 5.41) is 8.82. The molecule has 1 fully saturated rings. The molecule has 0 amide bonds. The summed E-state index contributed by atoms with van der Waals surface area (Å²) in [6.07, 6.45) is 4.81. The van der Waals surface area contributed by atoms with Gasteiger partial charge in [0.25, 0.3) is 0 Å². The Morgan fingerprint density at radius 2 is 1.55 bits per heavy atom. The molecule has 0 aliphatic heterocycles. The van der Waals surface area contributed by atoms with Gasteiger partial charge in [0.2, 0.25) is 0 Å². The summed E-state index contributed by atoms with van der Waals surface area (Å²) in [5.41, 5.74) is 5.53. The summed E-state index contributed by atoms with van der Waals surface area (Å²) in [6.45, 7) is 1.20. The minimum atomic E-state index is 0. The Labute approximate surface area is 74.6 Å². The van der Waals surface area contributed by atoms with E-state index in [9.17, 15) is 0 Å². The standard InChI is InChI=1S/C8H17NO.ClH/c9-5-7-1-3-8(6-10)4-2-7;/h7-8,10H,1-6,9H2;1H/t7-,8-;. The molecule has 0 bridgehead atoms. The topological polar surface area (TPSA) is 46.2 Å². The average Bonchev–Trinajstić information content (AvgIpc) is 2.05. The maximum Gasteiger partial charge on any atom is 0.0459 e. The molecule has 0 spiro atoms. The van der Waals surface area contributed by atoms with Crippen LogP contribution < -0.4 is 5.73 Å². The van der Waals surface area contributed by atoms with Crippen molar-refractivity contribution >= 4 is 12.4 Å². The second kappa shape index (κ2) is 5.81. The Hall–Kier alpha value is 0.210. The summed E-state index contributed by atoms with van der Waals surface area (Å²) in [7, 11) is 0. The van der Waals surface area contributed by atoms with Crippen LogP contribution >= 0.6 is 12.4 Å². The van der Waals surface area contributed by atoms with Gasteiger partial charge in [-0.2, -0.15) is 0 Å². The molecule has 1 aliphatic rings. The first-order valence-corrected chi connectivity index (χ1v) is 4.17. The molecule has 0 saturated heterocycles. The zero-order chi connectivity index (χ0) is 7.40. The van der Waals surface area contributed by atoms with Crippen molar-refractivity contribution in [1.82, 2.24) is 0 Å². The zero-order valence-corrected chi connectivity index (χ0v) is 7.65. The van der Waals surface area contributed by atoms with E-state index < -0.39 is 0 Å². The lowest BCUT2D eigenvalue weighted by Crippen LogP contribution is -2.22. The first-order valence-electron chi connectivity index (χ1n) is 4.17. The SMILES string of the molecule is Cl.NC[C@H]1CC[C@H](CO)CC1. The first kappa shape index (κ1) is 11.2. The molecule has 1 saturated carbocycles. The van der Waals surface area contributed by atoms with Crippen LogP contribution in [-0.2, 0) is 0 Å². The van der Waals surface area contributed by atoms with Crippen molar-refractivity contribution in [2.24, 2.45) is 17.6 Å². The van der Waals surface area contributed by atoms with E-state index >= 15 is 0 Å². The van der Waals surface area contributed by atoms with Gasteiger partial charge >= 0.3 is 0 Å². The van der Waals surface area contributed by atoms with Crippen LogP contribution in [0.25, 0.3) is 0 Å². The van der Waals surface area contributed by atoms with E-state index in [2.05, 4.69) is 0 Å². The number of aliphatic hydroxyl groups is 1. The Morgan fingerprint density at radius 1 is 1.09 bits per heavy atom. The van der Waals surface area contributed by atoms with Crippen LogP contribution in [0.3, 0.4) is 0 Å². The molecule has 0 aromatic carbocycles. The van der Waals surface area contributed by atoms with Crippen molar-refractivity contribution in [2.45, 2.75) is 25.7 Å². The highest BCUT2D eigenvalue weighted by atomic mass is 35.5. The van der Waals surface area contributed by atoms with Gasteiger partial charge in [0.05, 0.1) is 0 Å². The van der Waals surface area contributed by atoms with Crippen LogP contribution in [0.1, 0.15) is 25.7 Å². The molecule has 3 N–H and O–H groups in total. The molecule has 0 unspecified atom stereocenters. The maximum atomic E-state index is 8.82. The van der Waals surface area contributed by atoms with E-state index in [4.69, 9.17) is 10.8 Å². The number of aliphatic hydroxyl groups excluding tert-OH is 1. The molecule has 0 radical (unpaired) electrons. The minimum absolute atomic E-state index is 0. The van der Waals surface area contributed by atoms with E-state index in [0.29, 0.717) is 12.5 Å². The molecule has 0 aromatic rings. The Balaban J connectivity index is 0.000001000. The van der Waals surface area contributed by atoms with E-state index in [1.807, 2.05) is 0 Å². The number of hydrogen-bond donors (Lipinski definition) is 2. The van der Waals surface area contributed by atoms with Gasteiger partial charge in [-0.3, -0.25) is 0 Å². The quantitative estimate of drug-likeness (QED) is 0.669. The van der Waals surface area contributed by atoms with Crippen LogP contribution in [0.5, 0.6) is 0 Å². The van der Waals surface area contributed by atoms with Gasteiger partial charge < -0.3 is 10.8 Å². The van der Waals surface area contributed by atoms with Crippen molar-refractivity contribution < 1.29 is 5.11 Å². The Morgan fingerprint density at radius 3 is 1.91 bits per heavy atom. The zero-order valence-electron chi connectivity index (χ0n) is 6.83. The number of halogens is 1. The fourth-order valence-corrected chi connectivity index (χ4v) is 1.65. The van der Waals surface area contributed by atoms with Gasteiger partial charge in [-0.1, -0.05) is 0 Å². The van der Waals surface area contributed by atoms with E-state index in [1.165, 1.54) is 25.7 Å². The van der Waals surface area contributed by atoms with E-state index in [1.54, 1.807) is 0 Å². The molecule has 2 nitrogen and oxygen atoms in total. The highest BCUT2D eigenvalue weighted by molar-refractivity contribution is 5.85. The molecule has 1 rings (SSSR count). The van der Waals surface area contributed by atoms with Gasteiger partial charge in [-0.25, -0.2) is 0 Å². The van der Waals surface area contributed by atoms with E-state index in [0.717, 1.165) is 12.5 Å². The van der Waals surface area contributed by atoms with Crippen LogP contribution in [0, 0.1) is 11.8 Å². The minimum Gasteiger partial charge on any atom is -0.396 e.